The average Bonchev–Trinajstić information content (AvgIpc) is 2.30. The minimum absolute atomic E-state index is 0. The molecule has 0 N–H and O–H groups in total. The molecule has 0 fully saturated rings. The fraction of sp³-hybridized carbons (Fsp3) is 0.500. The van der Waals surface area contributed by atoms with Gasteiger partial charge in [0.05, 0.1) is 0 Å². The fourth-order valence-electron chi connectivity index (χ4n) is 2.41. The average molecular weight is 289 g/mol. The summed E-state index contributed by atoms with van der Waals surface area (Å²) in [5.74, 6) is 0. The Balaban J connectivity index is 0.00000144. The quantitative estimate of drug-likeness (QED) is 0.841. The third kappa shape index (κ3) is 4.60. The zero-order chi connectivity index (χ0) is 11.4. The van der Waals surface area contributed by atoms with Crippen molar-refractivity contribution >= 4 is 30.4 Å². The molecule has 0 radical (unpaired) electrons. The van der Waals surface area contributed by atoms with E-state index in [4.69, 9.17) is 0 Å². The van der Waals surface area contributed by atoms with E-state index in [9.17, 15) is 0 Å². The van der Waals surface area contributed by atoms with Crippen LogP contribution in [0.3, 0.4) is 0 Å². The smallest absolute Gasteiger partial charge is 0.0343 e. The van der Waals surface area contributed by atoms with Crippen molar-refractivity contribution in [3.8, 4) is 0 Å². The Labute approximate surface area is 122 Å². The number of hydrogen-bond donors (Lipinski definition) is 0. The molecule has 1 aliphatic carbocycles. The first-order valence-electron chi connectivity index (χ1n) is 6.03. The van der Waals surface area contributed by atoms with E-state index in [1.54, 1.807) is 5.57 Å². The van der Waals surface area contributed by atoms with E-state index in [1.807, 2.05) is 18.5 Å². The van der Waals surface area contributed by atoms with Crippen molar-refractivity contribution in [3.05, 3.63) is 35.7 Å². The Morgan fingerprint density at radius 3 is 2.50 bits per heavy atom. The van der Waals surface area contributed by atoms with Crippen LogP contribution in [-0.2, 0) is 0 Å². The molecule has 0 aliphatic heterocycles. The third-order valence-electron chi connectivity index (χ3n) is 3.10. The lowest BCUT2D eigenvalue weighted by Crippen LogP contribution is -2.17. The number of aromatic nitrogens is 1. The second-order valence-corrected chi connectivity index (χ2v) is 4.77. The molecular weight excluding hydrogens is 267 g/mol. The van der Waals surface area contributed by atoms with Gasteiger partial charge in [0.1, 0.15) is 0 Å². The maximum absolute atomic E-state index is 4.23. The van der Waals surface area contributed by atoms with Gasteiger partial charge in [0.2, 0.25) is 0 Å². The van der Waals surface area contributed by atoms with Crippen molar-refractivity contribution in [1.29, 1.82) is 0 Å². The van der Waals surface area contributed by atoms with Crippen LogP contribution in [0.25, 0.3) is 5.57 Å². The molecule has 2 nitrogen and oxygen atoms in total. The second-order valence-electron chi connectivity index (χ2n) is 4.77. The van der Waals surface area contributed by atoms with Gasteiger partial charge in [-0.25, -0.2) is 0 Å². The Morgan fingerprint density at radius 1 is 1.17 bits per heavy atom. The van der Waals surface area contributed by atoms with Crippen molar-refractivity contribution in [1.82, 2.24) is 9.88 Å². The first-order valence-corrected chi connectivity index (χ1v) is 6.03. The van der Waals surface area contributed by atoms with Crippen LogP contribution in [0.5, 0.6) is 0 Å². The van der Waals surface area contributed by atoms with Gasteiger partial charge in [0.25, 0.3) is 0 Å². The van der Waals surface area contributed by atoms with Crippen molar-refractivity contribution < 1.29 is 0 Å². The molecule has 0 bridgehead atoms. The third-order valence-corrected chi connectivity index (χ3v) is 3.10. The summed E-state index contributed by atoms with van der Waals surface area (Å²) in [5.41, 5.74) is 4.45. The highest BCUT2D eigenvalue weighted by atomic mass is 35.5. The molecule has 0 spiro atoms. The van der Waals surface area contributed by atoms with Crippen LogP contribution in [0.1, 0.15) is 31.2 Å². The summed E-state index contributed by atoms with van der Waals surface area (Å²) in [6, 6.07) is 4.22. The Bertz CT molecular complexity index is 375. The summed E-state index contributed by atoms with van der Waals surface area (Å²) in [5, 5.41) is 0. The molecule has 2 rings (SSSR count). The van der Waals surface area contributed by atoms with Crippen LogP contribution in [-0.4, -0.2) is 30.5 Å². The number of allylic oxidation sites excluding steroid dienone is 1. The highest BCUT2D eigenvalue weighted by Gasteiger charge is 2.14. The molecule has 0 atom stereocenters. The summed E-state index contributed by atoms with van der Waals surface area (Å²) in [6.45, 7) is 1.09. The van der Waals surface area contributed by atoms with Gasteiger partial charge >= 0.3 is 0 Å². The topological polar surface area (TPSA) is 16.1 Å². The lowest BCUT2D eigenvalue weighted by atomic mass is 9.88. The number of pyridine rings is 1. The van der Waals surface area contributed by atoms with Gasteiger partial charge < -0.3 is 4.90 Å². The highest BCUT2D eigenvalue weighted by Crippen LogP contribution is 2.31. The maximum atomic E-state index is 4.23. The van der Waals surface area contributed by atoms with Crippen LogP contribution >= 0.6 is 24.8 Å². The standard InChI is InChI=1S/C14H20N2.2ClH/c1-16(2)11-13-6-3-4-8-14(13)12-7-5-9-15-10-12;;/h5,7,9-10H,3-4,6,8,11H2,1-2H3;2*1H. The lowest BCUT2D eigenvalue weighted by Gasteiger charge is -2.23. The molecule has 18 heavy (non-hydrogen) atoms. The minimum atomic E-state index is 0. The van der Waals surface area contributed by atoms with Crippen molar-refractivity contribution in [3.63, 3.8) is 0 Å². The summed E-state index contributed by atoms with van der Waals surface area (Å²) >= 11 is 0. The van der Waals surface area contributed by atoms with Gasteiger partial charge in [-0.15, -0.1) is 24.8 Å². The van der Waals surface area contributed by atoms with Crippen LogP contribution in [0.2, 0.25) is 0 Å². The van der Waals surface area contributed by atoms with E-state index in [0.717, 1.165) is 6.54 Å². The number of hydrogen-bond acceptors (Lipinski definition) is 2. The summed E-state index contributed by atoms with van der Waals surface area (Å²) in [6.07, 6.45) is 8.97. The first-order chi connectivity index (χ1) is 7.77. The monoisotopic (exact) mass is 288 g/mol. The Hall–Kier alpha value is -0.570. The molecular formula is C14H22Cl2N2. The van der Waals surface area contributed by atoms with Gasteiger partial charge in [-0.2, -0.15) is 0 Å². The van der Waals surface area contributed by atoms with Crippen molar-refractivity contribution in [2.75, 3.05) is 20.6 Å². The number of halogens is 2. The predicted octanol–water partition coefficient (Wildman–Crippen LogP) is 3.81. The van der Waals surface area contributed by atoms with Gasteiger partial charge in [-0.1, -0.05) is 11.6 Å². The zero-order valence-corrected chi connectivity index (χ0v) is 12.7. The number of nitrogens with zero attached hydrogens (tertiary/aromatic N) is 2. The van der Waals surface area contributed by atoms with E-state index >= 15 is 0 Å². The van der Waals surface area contributed by atoms with E-state index in [2.05, 4.69) is 30.0 Å². The van der Waals surface area contributed by atoms with Crippen molar-refractivity contribution in [2.24, 2.45) is 0 Å². The fourth-order valence-corrected chi connectivity index (χ4v) is 2.41. The molecule has 0 aromatic carbocycles. The molecule has 0 amide bonds. The van der Waals surface area contributed by atoms with Gasteiger partial charge in [0, 0.05) is 18.9 Å². The second kappa shape index (κ2) is 8.52. The molecule has 1 aliphatic rings. The Kier molecular flexibility index (Phi) is 8.25. The number of likely N-dealkylation sites (N-methyl/N-ethyl adjacent to an activating group) is 1. The van der Waals surface area contributed by atoms with E-state index < -0.39 is 0 Å². The number of rotatable bonds is 3. The van der Waals surface area contributed by atoms with Crippen molar-refractivity contribution in [2.45, 2.75) is 25.7 Å². The van der Waals surface area contributed by atoms with E-state index in [0.29, 0.717) is 0 Å². The molecule has 0 saturated carbocycles. The van der Waals surface area contributed by atoms with Crippen LogP contribution in [0.4, 0.5) is 0 Å². The summed E-state index contributed by atoms with van der Waals surface area (Å²) < 4.78 is 0. The van der Waals surface area contributed by atoms with Gasteiger partial charge in [0.15, 0.2) is 0 Å². The molecule has 1 aromatic rings. The molecule has 4 heteroatoms. The molecule has 102 valence electrons. The van der Waals surface area contributed by atoms with E-state index in [-0.39, 0.29) is 24.8 Å². The zero-order valence-electron chi connectivity index (χ0n) is 11.1. The predicted molar refractivity (Wildman–Crippen MR) is 82.7 cm³/mol. The highest BCUT2D eigenvalue weighted by molar-refractivity contribution is 5.85. The molecule has 1 aromatic heterocycles. The molecule has 1 heterocycles. The van der Waals surface area contributed by atoms with Crippen LogP contribution in [0.15, 0.2) is 30.1 Å². The lowest BCUT2D eigenvalue weighted by molar-refractivity contribution is 0.434. The Morgan fingerprint density at radius 2 is 1.89 bits per heavy atom. The summed E-state index contributed by atoms with van der Waals surface area (Å²) in [4.78, 5) is 6.49. The van der Waals surface area contributed by atoms with E-state index in [1.165, 1.54) is 36.8 Å². The molecule has 0 unspecified atom stereocenters. The first kappa shape index (κ1) is 17.4. The largest absolute Gasteiger partial charge is 0.305 e. The van der Waals surface area contributed by atoms with Crippen LogP contribution in [0, 0.1) is 0 Å². The van der Waals surface area contributed by atoms with Crippen LogP contribution < -0.4 is 0 Å². The normalized spacial score (nSPS) is 15.1. The minimum Gasteiger partial charge on any atom is -0.305 e. The van der Waals surface area contributed by atoms with Gasteiger partial charge in [-0.05, 0) is 57.0 Å². The van der Waals surface area contributed by atoms with Gasteiger partial charge in [-0.3, -0.25) is 4.98 Å². The SMILES string of the molecule is CN(C)CC1=C(c2cccnc2)CCCC1.Cl.Cl. The maximum Gasteiger partial charge on any atom is 0.0343 e. The molecule has 0 saturated heterocycles. The summed E-state index contributed by atoms with van der Waals surface area (Å²) in [7, 11) is 4.28.